The van der Waals surface area contributed by atoms with Gasteiger partial charge in [0.15, 0.2) is 0 Å². The SMILES string of the molecule is CCc1cnn(-c2ccc(O)cc2)c1-c1ccc(O)cc1. The van der Waals surface area contributed by atoms with Gasteiger partial charge in [0.2, 0.25) is 0 Å². The molecule has 0 atom stereocenters. The highest BCUT2D eigenvalue weighted by atomic mass is 16.3. The van der Waals surface area contributed by atoms with Gasteiger partial charge in [0.05, 0.1) is 17.6 Å². The largest absolute Gasteiger partial charge is 0.508 e. The fourth-order valence-corrected chi connectivity index (χ4v) is 2.36. The first kappa shape index (κ1) is 13.2. The Kier molecular flexibility index (Phi) is 3.36. The minimum absolute atomic E-state index is 0.229. The molecule has 0 bridgehead atoms. The van der Waals surface area contributed by atoms with E-state index >= 15 is 0 Å². The summed E-state index contributed by atoms with van der Waals surface area (Å²) < 4.78 is 1.85. The Labute approximate surface area is 122 Å². The number of hydrogen-bond acceptors (Lipinski definition) is 3. The van der Waals surface area contributed by atoms with Gasteiger partial charge in [0.25, 0.3) is 0 Å². The zero-order valence-corrected chi connectivity index (χ0v) is 11.7. The fourth-order valence-electron chi connectivity index (χ4n) is 2.36. The van der Waals surface area contributed by atoms with Crippen LogP contribution in [0, 0.1) is 0 Å². The van der Waals surface area contributed by atoms with Crippen LogP contribution in [0.2, 0.25) is 0 Å². The van der Waals surface area contributed by atoms with Crippen molar-refractivity contribution < 1.29 is 10.2 Å². The molecule has 0 unspecified atom stereocenters. The molecule has 0 radical (unpaired) electrons. The molecular weight excluding hydrogens is 264 g/mol. The summed E-state index contributed by atoms with van der Waals surface area (Å²) >= 11 is 0. The number of phenolic OH excluding ortho intramolecular Hbond substituents is 2. The molecule has 0 aliphatic carbocycles. The number of phenols is 2. The molecule has 106 valence electrons. The Morgan fingerprint density at radius 3 is 2.05 bits per heavy atom. The van der Waals surface area contributed by atoms with Crippen LogP contribution in [0.5, 0.6) is 11.5 Å². The van der Waals surface area contributed by atoms with Crippen molar-refractivity contribution in [2.45, 2.75) is 13.3 Å². The third kappa shape index (κ3) is 2.48. The van der Waals surface area contributed by atoms with E-state index in [1.165, 1.54) is 0 Å². The van der Waals surface area contributed by atoms with Crippen molar-refractivity contribution in [1.82, 2.24) is 9.78 Å². The second kappa shape index (κ2) is 5.32. The van der Waals surface area contributed by atoms with E-state index in [4.69, 9.17) is 0 Å². The van der Waals surface area contributed by atoms with E-state index in [1.807, 2.05) is 35.1 Å². The summed E-state index contributed by atoms with van der Waals surface area (Å²) in [6.07, 6.45) is 2.73. The molecule has 0 aliphatic rings. The molecule has 0 amide bonds. The molecule has 4 heteroatoms. The highest BCUT2D eigenvalue weighted by Gasteiger charge is 2.13. The Morgan fingerprint density at radius 1 is 0.905 bits per heavy atom. The average Bonchev–Trinajstić information content (AvgIpc) is 2.93. The van der Waals surface area contributed by atoms with Crippen molar-refractivity contribution in [2.75, 3.05) is 0 Å². The van der Waals surface area contributed by atoms with Crippen LogP contribution in [-0.4, -0.2) is 20.0 Å². The van der Waals surface area contributed by atoms with E-state index in [9.17, 15) is 10.2 Å². The molecule has 2 aromatic carbocycles. The standard InChI is InChI=1S/C17H16N2O2/c1-2-12-11-18-19(14-5-9-16(21)10-6-14)17(12)13-3-7-15(20)8-4-13/h3-11,20-21H,2H2,1H3. The monoisotopic (exact) mass is 280 g/mol. The molecule has 21 heavy (non-hydrogen) atoms. The highest BCUT2D eigenvalue weighted by molar-refractivity contribution is 5.66. The van der Waals surface area contributed by atoms with Crippen molar-refractivity contribution in [1.29, 1.82) is 0 Å². The van der Waals surface area contributed by atoms with E-state index in [2.05, 4.69) is 12.0 Å². The first-order valence-electron chi connectivity index (χ1n) is 6.84. The van der Waals surface area contributed by atoms with Gasteiger partial charge in [-0.3, -0.25) is 0 Å². The number of aryl methyl sites for hydroxylation is 1. The van der Waals surface area contributed by atoms with Crippen molar-refractivity contribution in [3.8, 4) is 28.4 Å². The quantitative estimate of drug-likeness (QED) is 0.771. The first-order valence-corrected chi connectivity index (χ1v) is 6.84. The lowest BCUT2D eigenvalue weighted by atomic mass is 10.1. The van der Waals surface area contributed by atoms with Gasteiger partial charge in [0.1, 0.15) is 11.5 Å². The maximum Gasteiger partial charge on any atom is 0.115 e. The second-order valence-corrected chi connectivity index (χ2v) is 4.85. The van der Waals surface area contributed by atoms with Crippen LogP contribution in [0.1, 0.15) is 12.5 Å². The molecule has 0 fully saturated rings. The van der Waals surface area contributed by atoms with Crippen molar-refractivity contribution >= 4 is 0 Å². The summed E-state index contributed by atoms with van der Waals surface area (Å²) in [5.74, 6) is 0.473. The Hall–Kier alpha value is -2.75. The molecule has 0 saturated carbocycles. The third-order valence-electron chi connectivity index (χ3n) is 3.46. The van der Waals surface area contributed by atoms with E-state index in [0.717, 1.165) is 28.9 Å². The minimum Gasteiger partial charge on any atom is -0.508 e. The second-order valence-electron chi connectivity index (χ2n) is 4.85. The van der Waals surface area contributed by atoms with Crippen LogP contribution in [0.25, 0.3) is 16.9 Å². The summed E-state index contributed by atoms with van der Waals surface area (Å²) in [5.41, 5.74) is 4.02. The molecular formula is C17H16N2O2. The lowest BCUT2D eigenvalue weighted by Gasteiger charge is -2.10. The van der Waals surface area contributed by atoms with Gasteiger partial charge in [-0.25, -0.2) is 4.68 Å². The molecule has 0 spiro atoms. The predicted octanol–water partition coefficient (Wildman–Crippen LogP) is 3.51. The Morgan fingerprint density at radius 2 is 1.48 bits per heavy atom. The molecule has 0 saturated heterocycles. The Balaban J connectivity index is 2.16. The van der Waals surface area contributed by atoms with Crippen LogP contribution < -0.4 is 0 Å². The van der Waals surface area contributed by atoms with Crippen molar-refractivity contribution in [3.05, 3.63) is 60.3 Å². The summed E-state index contributed by atoms with van der Waals surface area (Å²) in [5, 5.41) is 23.3. The fraction of sp³-hybridized carbons (Fsp3) is 0.118. The van der Waals surface area contributed by atoms with Gasteiger partial charge in [-0.2, -0.15) is 5.10 Å². The van der Waals surface area contributed by atoms with E-state index in [1.54, 1.807) is 24.3 Å². The molecule has 0 aliphatic heterocycles. The summed E-state index contributed by atoms with van der Waals surface area (Å²) in [6.45, 7) is 2.09. The summed E-state index contributed by atoms with van der Waals surface area (Å²) in [6, 6.07) is 14.0. The summed E-state index contributed by atoms with van der Waals surface area (Å²) in [7, 11) is 0. The maximum atomic E-state index is 9.45. The number of rotatable bonds is 3. The Bertz CT molecular complexity index is 743. The van der Waals surface area contributed by atoms with Gasteiger partial charge in [-0.1, -0.05) is 6.92 Å². The molecule has 3 aromatic rings. The van der Waals surface area contributed by atoms with Gasteiger partial charge >= 0.3 is 0 Å². The lowest BCUT2D eigenvalue weighted by Crippen LogP contribution is -1.99. The molecule has 3 rings (SSSR count). The first-order chi connectivity index (χ1) is 10.2. The smallest absolute Gasteiger partial charge is 0.115 e. The van der Waals surface area contributed by atoms with Gasteiger partial charge in [0, 0.05) is 5.56 Å². The predicted molar refractivity (Wildman–Crippen MR) is 81.7 cm³/mol. The maximum absolute atomic E-state index is 9.45. The van der Waals surface area contributed by atoms with E-state index in [-0.39, 0.29) is 11.5 Å². The minimum atomic E-state index is 0.229. The molecule has 1 aromatic heterocycles. The topological polar surface area (TPSA) is 58.3 Å². The van der Waals surface area contributed by atoms with Crippen LogP contribution in [-0.2, 0) is 6.42 Å². The number of aromatic nitrogens is 2. The van der Waals surface area contributed by atoms with Crippen LogP contribution in [0.15, 0.2) is 54.7 Å². The van der Waals surface area contributed by atoms with Crippen LogP contribution >= 0.6 is 0 Å². The average molecular weight is 280 g/mol. The van der Waals surface area contributed by atoms with Crippen LogP contribution in [0.4, 0.5) is 0 Å². The van der Waals surface area contributed by atoms with E-state index < -0.39 is 0 Å². The zero-order chi connectivity index (χ0) is 14.8. The number of nitrogens with zero attached hydrogens (tertiary/aromatic N) is 2. The van der Waals surface area contributed by atoms with E-state index in [0.29, 0.717) is 0 Å². The van der Waals surface area contributed by atoms with Gasteiger partial charge < -0.3 is 10.2 Å². The summed E-state index contributed by atoms with van der Waals surface area (Å²) in [4.78, 5) is 0. The van der Waals surface area contributed by atoms with Crippen LogP contribution in [0.3, 0.4) is 0 Å². The normalized spacial score (nSPS) is 10.7. The third-order valence-corrected chi connectivity index (χ3v) is 3.46. The van der Waals surface area contributed by atoms with Crippen molar-refractivity contribution in [3.63, 3.8) is 0 Å². The highest BCUT2D eigenvalue weighted by Crippen LogP contribution is 2.28. The number of hydrogen-bond donors (Lipinski definition) is 2. The van der Waals surface area contributed by atoms with Crippen molar-refractivity contribution in [2.24, 2.45) is 0 Å². The molecule has 1 heterocycles. The number of benzene rings is 2. The molecule has 4 nitrogen and oxygen atoms in total. The van der Waals surface area contributed by atoms with Gasteiger partial charge in [-0.05, 0) is 60.5 Å². The molecule has 2 N–H and O–H groups in total. The van der Waals surface area contributed by atoms with Gasteiger partial charge in [-0.15, -0.1) is 0 Å². The number of aromatic hydroxyl groups is 2. The zero-order valence-electron chi connectivity index (χ0n) is 11.7. The lowest BCUT2D eigenvalue weighted by molar-refractivity contribution is 0.474.